The topological polar surface area (TPSA) is 25.2 Å². The van der Waals surface area contributed by atoms with E-state index >= 15 is 0 Å². The number of para-hydroxylation sites is 2. The molecule has 0 spiro atoms. The van der Waals surface area contributed by atoms with Crippen LogP contribution in [0.2, 0.25) is 0 Å². The number of nitrogens with zero attached hydrogens (tertiary/aromatic N) is 2. The first-order valence-corrected chi connectivity index (χ1v) is 5.90. The summed E-state index contributed by atoms with van der Waals surface area (Å²) in [6.45, 7) is 0. The lowest BCUT2D eigenvalue weighted by molar-refractivity contribution is 0.221. The van der Waals surface area contributed by atoms with Crippen molar-refractivity contribution in [2.75, 3.05) is 14.1 Å². The van der Waals surface area contributed by atoms with E-state index in [9.17, 15) is 4.79 Å². The van der Waals surface area contributed by atoms with Crippen molar-refractivity contribution in [2.24, 2.45) is 0 Å². The molecule has 0 N–H and O–H groups in total. The van der Waals surface area contributed by atoms with Crippen molar-refractivity contribution in [3.63, 3.8) is 0 Å². The molecule has 3 nitrogen and oxygen atoms in total. The van der Waals surface area contributed by atoms with Gasteiger partial charge in [0.25, 0.3) is 0 Å². The lowest BCUT2D eigenvalue weighted by Gasteiger charge is -2.12. The van der Waals surface area contributed by atoms with E-state index in [1.807, 2.05) is 36.4 Å². The van der Waals surface area contributed by atoms with Crippen LogP contribution in [0.4, 0.5) is 4.79 Å². The monoisotopic (exact) mass is 238 g/mol. The summed E-state index contributed by atoms with van der Waals surface area (Å²) < 4.78 is 1.77. The van der Waals surface area contributed by atoms with E-state index in [1.54, 1.807) is 23.6 Å². The van der Waals surface area contributed by atoms with E-state index in [0.29, 0.717) is 0 Å². The third kappa shape index (κ3) is 1.40. The normalized spacial score (nSPS) is 11.0. The van der Waals surface area contributed by atoms with Crippen LogP contribution in [0, 0.1) is 0 Å². The molecular weight excluding hydrogens is 224 g/mol. The smallest absolute Gasteiger partial charge is 0.328 e. The van der Waals surface area contributed by atoms with Crippen LogP contribution < -0.4 is 0 Å². The zero-order valence-electron chi connectivity index (χ0n) is 10.4. The second kappa shape index (κ2) is 3.88. The van der Waals surface area contributed by atoms with Crippen molar-refractivity contribution in [1.82, 2.24) is 9.47 Å². The van der Waals surface area contributed by atoms with Crippen molar-refractivity contribution < 1.29 is 4.79 Å². The number of carbonyl (C=O) groups excluding carboxylic acids is 1. The third-order valence-electron chi connectivity index (χ3n) is 3.15. The molecule has 3 heteroatoms. The number of benzene rings is 2. The molecule has 0 saturated carbocycles. The molecule has 0 atom stereocenters. The Morgan fingerprint density at radius 3 is 1.78 bits per heavy atom. The molecule has 0 radical (unpaired) electrons. The molecule has 0 saturated heterocycles. The van der Waals surface area contributed by atoms with E-state index in [2.05, 4.69) is 12.1 Å². The molecule has 0 aliphatic carbocycles. The van der Waals surface area contributed by atoms with Crippen LogP contribution in [0.5, 0.6) is 0 Å². The Labute approximate surface area is 105 Å². The SMILES string of the molecule is CN(C)C(=O)n1c2ccccc2c2ccccc21. The number of hydrogen-bond acceptors (Lipinski definition) is 1. The first-order chi connectivity index (χ1) is 8.70. The summed E-state index contributed by atoms with van der Waals surface area (Å²) in [5, 5.41) is 2.23. The maximum Gasteiger partial charge on any atom is 0.328 e. The van der Waals surface area contributed by atoms with Crippen molar-refractivity contribution >= 4 is 27.8 Å². The fourth-order valence-corrected chi connectivity index (χ4v) is 2.33. The Bertz CT molecular complexity index is 687. The van der Waals surface area contributed by atoms with Gasteiger partial charge in [-0.15, -0.1) is 0 Å². The Kier molecular flexibility index (Phi) is 2.33. The molecule has 2 aromatic carbocycles. The van der Waals surface area contributed by atoms with Gasteiger partial charge in [-0.2, -0.15) is 0 Å². The zero-order chi connectivity index (χ0) is 12.7. The van der Waals surface area contributed by atoms with E-state index in [0.717, 1.165) is 21.8 Å². The number of amides is 1. The summed E-state index contributed by atoms with van der Waals surface area (Å²) >= 11 is 0. The van der Waals surface area contributed by atoms with Crippen molar-refractivity contribution in [3.05, 3.63) is 48.5 Å². The van der Waals surface area contributed by atoms with Crippen molar-refractivity contribution in [3.8, 4) is 0 Å². The summed E-state index contributed by atoms with van der Waals surface area (Å²) in [6.07, 6.45) is 0. The minimum atomic E-state index is -0.0209. The maximum absolute atomic E-state index is 12.3. The van der Waals surface area contributed by atoms with Gasteiger partial charge in [-0.1, -0.05) is 36.4 Å². The summed E-state index contributed by atoms with van der Waals surface area (Å²) in [7, 11) is 3.54. The largest absolute Gasteiger partial charge is 0.330 e. The van der Waals surface area contributed by atoms with Gasteiger partial charge >= 0.3 is 6.03 Å². The van der Waals surface area contributed by atoms with Crippen LogP contribution in [-0.4, -0.2) is 29.6 Å². The second-order valence-corrected chi connectivity index (χ2v) is 4.55. The van der Waals surface area contributed by atoms with Gasteiger partial charge in [0.2, 0.25) is 0 Å². The number of carbonyl (C=O) groups is 1. The molecule has 0 aliphatic rings. The minimum absolute atomic E-state index is 0.0209. The summed E-state index contributed by atoms with van der Waals surface area (Å²) in [4.78, 5) is 13.9. The average Bonchev–Trinajstić information content (AvgIpc) is 2.72. The van der Waals surface area contributed by atoms with Gasteiger partial charge in [-0.25, -0.2) is 4.79 Å². The first kappa shape index (κ1) is 10.8. The van der Waals surface area contributed by atoms with Gasteiger partial charge in [0.15, 0.2) is 0 Å². The van der Waals surface area contributed by atoms with E-state index in [4.69, 9.17) is 0 Å². The molecule has 0 unspecified atom stereocenters. The highest BCUT2D eigenvalue weighted by atomic mass is 16.2. The standard InChI is InChI=1S/C15H14N2O/c1-16(2)15(18)17-13-9-5-3-7-11(13)12-8-4-6-10-14(12)17/h3-10H,1-2H3. The van der Waals surface area contributed by atoms with E-state index in [1.165, 1.54) is 0 Å². The van der Waals surface area contributed by atoms with Crippen LogP contribution in [-0.2, 0) is 0 Å². The first-order valence-electron chi connectivity index (χ1n) is 5.90. The number of aromatic nitrogens is 1. The molecule has 18 heavy (non-hydrogen) atoms. The second-order valence-electron chi connectivity index (χ2n) is 4.55. The predicted octanol–water partition coefficient (Wildman–Crippen LogP) is 3.32. The Balaban J connectivity index is 2.49. The number of fused-ring (bicyclic) bond motifs is 3. The van der Waals surface area contributed by atoms with Gasteiger partial charge in [0.1, 0.15) is 0 Å². The Morgan fingerprint density at radius 2 is 1.33 bits per heavy atom. The predicted molar refractivity (Wildman–Crippen MR) is 73.9 cm³/mol. The molecule has 0 bridgehead atoms. The Morgan fingerprint density at radius 1 is 0.889 bits per heavy atom. The van der Waals surface area contributed by atoms with Gasteiger partial charge in [-0.3, -0.25) is 4.57 Å². The van der Waals surface area contributed by atoms with Crippen LogP contribution in [0.15, 0.2) is 48.5 Å². The highest BCUT2D eigenvalue weighted by molar-refractivity contribution is 6.12. The molecule has 3 rings (SSSR count). The Hall–Kier alpha value is -2.29. The van der Waals surface area contributed by atoms with Crippen LogP contribution >= 0.6 is 0 Å². The summed E-state index contributed by atoms with van der Waals surface area (Å²) in [5.41, 5.74) is 1.91. The maximum atomic E-state index is 12.3. The van der Waals surface area contributed by atoms with E-state index in [-0.39, 0.29) is 6.03 Å². The number of hydrogen-bond donors (Lipinski definition) is 0. The third-order valence-corrected chi connectivity index (χ3v) is 3.15. The van der Waals surface area contributed by atoms with Gasteiger partial charge < -0.3 is 4.90 Å². The summed E-state index contributed by atoms with van der Waals surface area (Å²) in [6, 6.07) is 16.0. The highest BCUT2D eigenvalue weighted by Crippen LogP contribution is 2.28. The average molecular weight is 238 g/mol. The fraction of sp³-hybridized carbons (Fsp3) is 0.133. The molecule has 0 fully saturated rings. The van der Waals surface area contributed by atoms with Crippen LogP contribution in [0.25, 0.3) is 21.8 Å². The lowest BCUT2D eigenvalue weighted by Crippen LogP contribution is -2.26. The van der Waals surface area contributed by atoms with Gasteiger partial charge in [0.05, 0.1) is 11.0 Å². The molecule has 1 heterocycles. The zero-order valence-corrected chi connectivity index (χ0v) is 10.4. The van der Waals surface area contributed by atoms with Crippen LogP contribution in [0.1, 0.15) is 0 Å². The quantitative estimate of drug-likeness (QED) is 0.589. The summed E-state index contributed by atoms with van der Waals surface area (Å²) in [5.74, 6) is 0. The fourth-order valence-electron chi connectivity index (χ4n) is 2.33. The van der Waals surface area contributed by atoms with E-state index < -0.39 is 0 Å². The molecule has 3 aromatic rings. The van der Waals surface area contributed by atoms with Crippen molar-refractivity contribution in [2.45, 2.75) is 0 Å². The molecule has 90 valence electrons. The molecule has 1 amide bonds. The van der Waals surface area contributed by atoms with Crippen molar-refractivity contribution in [1.29, 1.82) is 0 Å². The number of rotatable bonds is 0. The molecule has 0 aliphatic heterocycles. The minimum Gasteiger partial charge on any atom is -0.330 e. The van der Waals surface area contributed by atoms with Gasteiger partial charge in [-0.05, 0) is 12.1 Å². The van der Waals surface area contributed by atoms with Gasteiger partial charge in [0, 0.05) is 24.9 Å². The molecular formula is C15H14N2O. The van der Waals surface area contributed by atoms with Crippen LogP contribution in [0.3, 0.4) is 0 Å². The lowest BCUT2D eigenvalue weighted by atomic mass is 10.2. The highest BCUT2D eigenvalue weighted by Gasteiger charge is 2.16. The molecule has 1 aromatic heterocycles.